The number of anilines is 2. The zero-order valence-corrected chi connectivity index (χ0v) is 18.0. The predicted molar refractivity (Wildman–Crippen MR) is 120 cm³/mol. The Hall–Kier alpha value is -3.06. The number of carbonyl (C=O) groups is 1. The summed E-state index contributed by atoms with van der Waals surface area (Å²) in [6, 6.07) is 15.7. The van der Waals surface area contributed by atoms with Crippen LogP contribution in [0.4, 0.5) is 11.4 Å². The van der Waals surface area contributed by atoms with Gasteiger partial charge in [-0.2, -0.15) is 0 Å². The number of benzene rings is 3. The molecule has 156 valence electrons. The van der Waals surface area contributed by atoms with E-state index in [2.05, 4.69) is 11.4 Å². The summed E-state index contributed by atoms with van der Waals surface area (Å²) in [7, 11) is -2.15. The number of nitrogens with zero attached hydrogens (tertiary/aromatic N) is 1. The molecule has 0 aromatic heterocycles. The fourth-order valence-electron chi connectivity index (χ4n) is 4.13. The van der Waals surface area contributed by atoms with Gasteiger partial charge < -0.3 is 10.1 Å². The SMILES string of the molecule is COc1ccc(N([C@H](C)C(=O)Nc2ccc3c4c(cccc24)CC3)S(C)(=O)=O)cc1. The van der Waals surface area contributed by atoms with Crippen LogP contribution in [0.2, 0.25) is 0 Å². The third-order valence-corrected chi connectivity index (χ3v) is 6.79. The van der Waals surface area contributed by atoms with E-state index in [1.54, 1.807) is 31.2 Å². The Morgan fingerprint density at radius 3 is 2.33 bits per heavy atom. The molecule has 0 saturated heterocycles. The smallest absolute Gasteiger partial charge is 0.248 e. The van der Waals surface area contributed by atoms with Crippen LogP contribution < -0.4 is 14.4 Å². The second-order valence-corrected chi connectivity index (χ2v) is 9.39. The fraction of sp³-hybridized carbons (Fsp3) is 0.261. The van der Waals surface area contributed by atoms with E-state index >= 15 is 0 Å². The highest BCUT2D eigenvalue weighted by Crippen LogP contribution is 2.35. The number of hydrogen-bond acceptors (Lipinski definition) is 4. The third-order valence-electron chi connectivity index (χ3n) is 5.55. The van der Waals surface area contributed by atoms with Crippen LogP contribution in [0.25, 0.3) is 10.8 Å². The highest BCUT2D eigenvalue weighted by molar-refractivity contribution is 7.92. The van der Waals surface area contributed by atoms with Gasteiger partial charge in [0.15, 0.2) is 0 Å². The molecule has 0 aliphatic heterocycles. The second kappa shape index (κ2) is 7.65. The lowest BCUT2D eigenvalue weighted by Crippen LogP contribution is -2.45. The Balaban J connectivity index is 1.66. The van der Waals surface area contributed by atoms with Gasteiger partial charge in [-0.3, -0.25) is 9.10 Å². The first kappa shape index (κ1) is 20.2. The van der Waals surface area contributed by atoms with E-state index in [1.807, 2.05) is 24.3 Å². The summed E-state index contributed by atoms with van der Waals surface area (Å²) < 4.78 is 31.3. The lowest BCUT2D eigenvalue weighted by molar-refractivity contribution is -0.116. The molecule has 0 radical (unpaired) electrons. The summed E-state index contributed by atoms with van der Waals surface area (Å²) in [5, 5.41) is 5.12. The summed E-state index contributed by atoms with van der Waals surface area (Å²) in [5.74, 6) is 0.215. The highest BCUT2D eigenvalue weighted by Gasteiger charge is 2.29. The van der Waals surface area contributed by atoms with Crippen molar-refractivity contribution in [1.29, 1.82) is 0 Å². The summed E-state index contributed by atoms with van der Waals surface area (Å²) in [5.41, 5.74) is 3.66. The maximum Gasteiger partial charge on any atom is 0.248 e. The molecule has 1 amide bonds. The van der Waals surface area contributed by atoms with E-state index in [4.69, 9.17) is 4.74 Å². The largest absolute Gasteiger partial charge is 0.497 e. The zero-order chi connectivity index (χ0) is 21.5. The average molecular weight is 425 g/mol. The van der Waals surface area contributed by atoms with Crippen molar-refractivity contribution in [2.45, 2.75) is 25.8 Å². The Morgan fingerprint density at radius 1 is 1.03 bits per heavy atom. The molecular formula is C23H24N2O4S. The number of carbonyl (C=O) groups excluding carboxylic acids is 1. The molecule has 0 spiro atoms. The van der Waals surface area contributed by atoms with Gasteiger partial charge in [-0.15, -0.1) is 0 Å². The third kappa shape index (κ3) is 3.61. The van der Waals surface area contributed by atoms with Crippen molar-refractivity contribution in [1.82, 2.24) is 0 Å². The summed E-state index contributed by atoms with van der Waals surface area (Å²) in [6.07, 6.45) is 3.10. The van der Waals surface area contributed by atoms with Gasteiger partial charge in [0.25, 0.3) is 0 Å². The van der Waals surface area contributed by atoms with Crippen LogP contribution >= 0.6 is 0 Å². The van der Waals surface area contributed by atoms with Crippen molar-refractivity contribution < 1.29 is 17.9 Å². The van der Waals surface area contributed by atoms with E-state index in [1.165, 1.54) is 23.6 Å². The van der Waals surface area contributed by atoms with Gasteiger partial charge in [-0.05, 0) is 66.6 Å². The Labute approximate surface area is 176 Å². The van der Waals surface area contributed by atoms with Crippen LogP contribution in [0.3, 0.4) is 0 Å². The van der Waals surface area contributed by atoms with Crippen LogP contribution in [0.5, 0.6) is 5.75 Å². The maximum absolute atomic E-state index is 13.1. The standard InChI is InChI=1S/C23H24N2O4S/c1-15(25(30(3,27)28)18-10-12-19(29-2)13-11-18)23(26)24-21-14-9-17-8-7-16-5-4-6-20(21)22(16)17/h4-6,9-15H,7-8H2,1-3H3,(H,24,26)/t15-/m1/s1. The lowest BCUT2D eigenvalue weighted by atomic mass is 10.0. The molecule has 3 aromatic carbocycles. The first-order valence-electron chi connectivity index (χ1n) is 9.77. The molecule has 30 heavy (non-hydrogen) atoms. The number of rotatable bonds is 6. The monoisotopic (exact) mass is 424 g/mol. The Bertz CT molecular complexity index is 1210. The molecule has 0 saturated carbocycles. The topological polar surface area (TPSA) is 75.7 Å². The van der Waals surface area contributed by atoms with Crippen molar-refractivity contribution in [2.24, 2.45) is 0 Å². The van der Waals surface area contributed by atoms with Crippen LogP contribution in [0.1, 0.15) is 18.1 Å². The molecule has 6 nitrogen and oxygen atoms in total. The minimum absolute atomic E-state index is 0.394. The van der Waals surface area contributed by atoms with E-state index in [0.717, 1.165) is 28.8 Å². The van der Waals surface area contributed by atoms with Crippen LogP contribution in [-0.2, 0) is 27.7 Å². The number of amides is 1. The van der Waals surface area contributed by atoms with Gasteiger partial charge in [-0.25, -0.2) is 8.42 Å². The first-order valence-corrected chi connectivity index (χ1v) is 11.6. The fourth-order valence-corrected chi connectivity index (χ4v) is 5.31. The van der Waals surface area contributed by atoms with Gasteiger partial charge in [0.2, 0.25) is 15.9 Å². The average Bonchev–Trinajstić information content (AvgIpc) is 3.14. The van der Waals surface area contributed by atoms with E-state index in [9.17, 15) is 13.2 Å². The van der Waals surface area contributed by atoms with Crippen molar-refractivity contribution in [3.8, 4) is 5.75 Å². The second-order valence-electron chi connectivity index (χ2n) is 7.53. The Morgan fingerprint density at radius 2 is 1.70 bits per heavy atom. The number of sulfonamides is 1. The minimum atomic E-state index is -3.69. The molecule has 1 N–H and O–H groups in total. The Kier molecular flexibility index (Phi) is 5.15. The molecule has 1 aliphatic rings. The van der Waals surface area contributed by atoms with E-state index in [0.29, 0.717) is 17.1 Å². The summed E-state index contributed by atoms with van der Waals surface area (Å²) in [6.45, 7) is 1.58. The lowest BCUT2D eigenvalue weighted by Gasteiger charge is -2.28. The zero-order valence-electron chi connectivity index (χ0n) is 17.2. The van der Waals surface area contributed by atoms with Gasteiger partial charge in [0.05, 0.1) is 19.1 Å². The molecule has 1 atom stereocenters. The van der Waals surface area contributed by atoms with Crippen molar-refractivity contribution in [3.63, 3.8) is 0 Å². The number of aryl methyl sites for hydroxylation is 2. The normalized spacial score (nSPS) is 13.8. The molecule has 0 unspecified atom stereocenters. The first-order chi connectivity index (χ1) is 14.3. The molecule has 0 bridgehead atoms. The molecule has 0 fully saturated rings. The summed E-state index contributed by atoms with van der Waals surface area (Å²) in [4.78, 5) is 13.1. The number of methoxy groups -OCH3 is 1. The molecule has 3 aromatic rings. The molecular weight excluding hydrogens is 400 g/mol. The van der Waals surface area contributed by atoms with Crippen LogP contribution in [-0.4, -0.2) is 33.7 Å². The van der Waals surface area contributed by atoms with Gasteiger partial charge in [0, 0.05) is 11.1 Å². The van der Waals surface area contributed by atoms with Crippen molar-refractivity contribution >= 4 is 38.1 Å². The summed E-state index contributed by atoms with van der Waals surface area (Å²) >= 11 is 0. The molecule has 7 heteroatoms. The number of nitrogens with one attached hydrogen (secondary N) is 1. The molecule has 4 rings (SSSR count). The minimum Gasteiger partial charge on any atom is -0.497 e. The van der Waals surface area contributed by atoms with E-state index in [-0.39, 0.29) is 0 Å². The van der Waals surface area contributed by atoms with Crippen molar-refractivity contribution in [2.75, 3.05) is 23.0 Å². The van der Waals surface area contributed by atoms with Crippen LogP contribution in [0, 0.1) is 0 Å². The predicted octanol–water partition coefficient (Wildman–Crippen LogP) is 3.74. The number of ether oxygens (including phenoxy) is 1. The molecule has 0 heterocycles. The quantitative estimate of drug-likeness (QED) is 0.654. The highest BCUT2D eigenvalue weighted by atomic mass is 32.2. The maximum atomic E-state index is 13.1. The van der Waals surface area contributed by atoms with Gasteiger partial charge >= 0.3 is 0 Å². The molecule has 1 aliphatic carbocycles. The van der Waals surface area contributed by atoms with Crippen molar-refractivity contribution in [3.05, 3.63) is 65.7 Å². The van der Waals surface area contributed by atoms with Crippen LogP contribution in [0.15, 0.2) is 54.6 Å². The van der Waals surface area contributed by atoms with Gasteiger partial charge in [-0.1, -0.05) is 24.3 Å². The van der Waals surface area contributed by atoms with E-state index < -0.39 is 22.0 Å². The van der Waals surface area contributed by atoms with Gasteiger partial charge in [0.1, 0.15) is 11.8 Å². The number of hydrogen-bond donors (Lipinski definition) is 1.